The van der Waals surface area contributed by atoms with Gasteiger partial charge in [0.1, 0.15) is 16.3 Å². The average molecular weight is 419 g/mol. The largest absolute Gasteiger partial charge is 0.494 e. The molecule has 28 heavy (non-hydrogen) atoms. The number of aromatic nitrogens is 4. The maximum absolute atomic E-state index is 5.97. The molecule has 2 N–H and O–H groups in total. The fraction of sp³-hybridized carbons (Fsp3) is 0.421. The highest BCUT2D eigenvalue weighted by Gasteiger charge is 2.15. The highest BCUT2D eigenvalue weighted by Crippen LogP contribution is 2.33. The first-order valence-electron chi connectivity index (χ1n) is 9.31. The summed E-state index contributed by atoms with van der Waals surface area (Å²) >= 11 is 1.51. The zero-order chi connectivity index (χ0) is 19.9. The van der Waals surface area contributed by atoms with Crippen molar-refractivity contribution in [3.05, 3.63) is 30.6 Å². The molecule has 3 rings (SSSR count). The lowest BCUT2D eigenvalue weighted by atomic mass is 10.3. The summed E-state index contributed by atoms with van der Waals surface area (Å²) in [4.78, 5) is 14.3. The van der Waals surface area contributed by atoms with Crippen molar-refractivity contribution in [1.29, 1.82) is 0 Å². The van der Waals surface area contributed by atoms with E-state index >= 15 is 0 Å². The quantitative estimate of drug-likeness (QED) is 0.302. The molecular weight excluding hydrogens is 393 g/mol. The molecule has 1 aromatic carbocycles. The first-order chi connectivity index (χ1) is 13.6. The molecule has 0 saturated heterocycles. The number of hydrogen-bond acceptors (Lipinski definition) is 7. The zero-order valence-corrected chi connectivity index (χ0v) is 18.1. The highest BCUT2D eigenvalue weighted by atomic mass is 32.2. The van der Waals surface area contributed by atoms with Crippen LogP contribution < -0.4 is 10.5 Å². The lowest BCUT2D eigenvalue weighted by molar-refractivity contribution is 0.0912. The van der Waals surface area contributed by atoms with Gasteiger partial charge in [0, 0.05) is 4.90 Å². The summed E-state index contributed by atoms with van der Waals surface area (Å²) in [5.41, 5.74) is 7.41. The molecule has 0 spiro atoms. The molecule has 0 fully saturated rings. The van der Waals surface area contributed by atoms with Crippen molar-refractivity contribution in [2.24, 2.45) is 0 Å². The Morgan fingerprint density at radius 3 is 2.96 bits per heavy atom. The van der Waals surface area contributed by atoms with E-state index in [1.807, 2.05) is 35.8 Å². The summed E-state index contributed by atoms with van der Waals surface area (Å²) in [6, 6.07) is 7.97. The van der Waals surface area contributed by atoms with E-state index in [-0.39, 0.29) is 12.1 Å². The molecule has 0 aliphatic rings. The Labute approximate surface area is 171 Å². The molecule has 0 aliphatic carbocycles. The number of imidazole rings is 1. The molecule has 0 radical (unpaired) electrons. The van der Waals surface area contributed by atoms with Crippen LogP contribution in [0.3, 0.4) is 0 Å². The van der Waals surface area contributed by atoms with E-state index in [1.54, 1.807) is 6.33 Å². The van der Waals surface area contributed by atoms with E-state index in [4.69, 9.17) is 15.2 Å². The predicted molar refractivity (Wildman–Crippen MR) is 116 cm³/mol. The molecule has 2 heterocycles. The zero-order valence-electron chi connectivity index (χ0n) is 16.2. The summed E-state index contributed by atoms with van der Waals surface area (Å²) in [6.45, 7) is 5.52. The van der Waals surface area contributed by atoms with E-state index < -0.39 is 0 Å². The second-order valence-electron chi connectivity index (χ2n) is 6.38. The number of benzene rings is 1. The first kappa shape index (κ1) is 20.8. The second kappa shape index (κ2) is 10.0. The number of hydrogen-bond donors (Lipinski definition) is 1. The van der Waals surface area contributed by atoms with Crippen LogP contribution in [0.25, 0.3) is 11.2 Å². The van der Waals surface area contributed by atoms with Gasteiger partial charge >= 0.3 is 0 Å². The monoisotopic (exact) mass is 419 g/mol. The summed E-state index contributed by atoms with van der Waals surface area (Å²) in [5.74, 6) is 1.08. The van der Waals surface area contributed by atoms with Gasteiger partial charge in [-0.05, 0) is 31.5 Å². The molecule has 2 atom stereocenters. The van der Waals surface area contributed by atoms with Gasteiger partial charge < -0.3 is 19.8 Å². The van der Waals surface area contributed by atoms with Crippen molar-refractivity contribution >= 4 is 38.1 Å². The number of nitrogens with two attached hydrogens (primary N) is 1. The van der Waals surface area contributed by atoms with Crippen LogP contribution in [0, 0.1) is 0 Å². The van der Waals surface area contributed by atoms with Crippen molar-refractivity contribution in [3.8, 4) is 5.75 Å². The third-order valence-electron chi connectivity index (χ3n) is 4.07. The van der Waals surface area contributed by atoms with Gasteiger partial charge in [0.2, 0.25) is 5.95 Å². The molecular formula is C19H26N5O2PS. The Kier molecular flexibility index (Phi) is 7.48. The lowest BCUT2D eigenvalue weighted by Crippen LogP contribution is -2.15. The van der Waals surface area contributed by atoms with Crippen molar-refractivity contribution in [2.45, 2.75) is 49.3 Å². The molecule has 3 aromatic rings. The number of anilines is 1. The van der Waals surface area contributed by atoms with Crippen LogP contribution in [-0.4, -0.2) is 38.6 Å². The Morgan fingerprint density at radius 2 is 2.18 bits per heavy atom. The van der Waals surface area contributed by atoms with Crippen molar-refractivity contribution in [2.75, 3.05) is 18.7 Å². The van der Waals surface area contributed by atoms with Gasteiger partial charge in [-0.25, -0.2) is 9.97 Å². The summed E-state index contributed by atoms with van der Waals surface area (Å²) in [5, 5.41) is 0.728. The second-order valence-corrected chi connectivity index (χ2v) is 7.77. The third kappa shape index (κ3) is 5.34. The van der Waals surface area contributed by atoms with Crippen molar-refractivity contribution in [3.63, 3.8) is 0 Å². The molecule has 150 valence electrons. The number of nitrogen functional groups attached to an aromatic ring is 1. The SMILES string of the molecule is CCCCOc1cccc(Sc2nc(N)nc3c2ncn3CC(C)OCP)c1. The fourth-order valence-electron chi connectivity index (χ4n) is 2.71. The highest BCUT2D eigenvalue weighted by molar-refractivity contribution is 7.99. The van der Waals surface area contributed by atoms with Gasteiger partial charge in [-0.1, -0.05) is 31.2 Å². The lowest BCUT2D eigenvalue weighted by Gasteiger charge is -2.12. The van der Waals surface area contributed by atoms with Gasteiger partial charge in [0.05, 0.1) is 31.9 Å². The number of rotatable bonds is 10. The smallest absolute Gasteiger partial charge is 0.223 e. The molecule has 0 saturated carbocycles. The number of fused-ring (bicyclic) bond motifs is 1. The Hall–Kier alpha value is -1.89. The minimum atomic E-state index is 0.0409. The number of nitrogens with zero attached hydrogens (tertiary/aromatic N) is 4. The molecule has 7 nitrogen and oxygen atoms in total. The Morgan fingerprint density at radius 1 is 1.32 bits per heavy atom. The Balaban J connectivity index is 1.83. The van der Waals surface area contributed by atoms with E-state index in [2.05, 4.69) is 31.1 Å². The Bertz CT molecular complexity index is 920. The number of ether oxygens (including phenoxy) is 2. The minimum absolute atomic E-state index is 0.0409. The van der Waals surface area contributed by atoms with E-state index in [0.717, 1.165) is 40.6 Å². The van der Waals surface area contributed by atoms with Gasteiger partial charge in [-0.3, -0.25) is 0 Å². The van der Waals surface area contributed by atoms with E-state index in [9.17, 15) is 0 Å². The van der Waals surface area contributed by atoms with E-state index in [1.165, 1.54) is 11.8 Å². The molecule has 0 amide bonds. The average Bonchev–Trinajstić information content (AvgIpc) is 3.05. The third-order valence-corrected chi connectivity index (χ3v) is 5.23. The van der Waals surface area contributed by atoms with Crippen molar-refractivity contribution < 1.29 is 9.47 Å². The summed E-state index contributed by atoms with van der Waals surface area (Å²) in [7, 11) is 2.56. The van der Waals surface area contributed by atoms with Crippen LogP contribution in [0.2, 0.25) is 0 Å². The molecule has 2 aromatic heterocycles. The van der Waals surface area contributed by atoms with Crippen LogP contribution in [0.15, 0.2) is 40.5 Å². The van der Waals surface area contributed by atoms with Crippen LogP contribution in [0.4, 0.5) is 5.95 Å². The van der Waals surface area contributed by atoms with Crippen LogP contribution >= 0.6 is 21.0 Å². The van der Waals surface area contributed by atoms with Crippen molar-refractivity contribution in [1.82, 2.24) is 19.5 Å². The normalized spacial score (nSPS) is 12.4. The maximum Gasteiger partial charge on any atom is 0.223 e. The van der Waals surface area contributed by atoms with Crippen LogP contribution in [0.5, 0.6) is 5.75 Å². The summed E-state index contributed by atoms with van der Waals surface area (Å²) < 4.78 is 13.3. The summed E-state index contributed by atoms with van der Waals surface area (Å²) in [6.07, 6.45) is 4.53. The first-order valence-corrected chi connectivity index (χ1v) is 10.9. The molecule has 0 aliphatic heterocycles. The molecule has 9 heteroatoms. The van der Waals surface area contributed by atoms with Crippen LogP contribution in [0.1, 0.15) is 26.7 Å². The topological polar surface area (TPSA) is 88.1 Å². The standard InChI is InChI=1S/C19H26N5O2PS/c1-3-4-8-25-14-6-5-7-15(9-14)28-18-16-17(22-19(20)23-18)24(11-21-16)10-13(2)26-12-27/h5-7,9,11,13H,3-4,8,10,12,27H2,1-2H3,(H2,20,22,23). The van der Waals surface area contributed by atoms with Gasteiger partial charge in [0.25, 0.3) is 0 Å². The van der Waals surface area contributed by atoms with Gasteiger partial charge in [-0.15, -0.1) is 9.24 Å². The predicted octanol–water partition coefficient (Wildman–Crippen LogP) is 3.98. The minimum Gasteiger partial charge on any atom is -0.494 e. The van der Waals surface area contributed by atoms with Crippen LogP contribution in [-0.2, 0) is 11.3 Å². The fourth-order valence-corrected chi connectivity index (χ4v) is 3.96. The van der Waals surface area contributed by atoms with E-state index in [0.29, 0.717) is 18.5 Å². The number of unbranched alkanes of at least 4 members (excludes halogenated alkanes) is 1. The molecule has 0 bridgehead atoms. The van der Waals surface area contributed by atoms with Gasteiger partial charge in [-0.2, -0.15) is 4.98 Å². The maximum atomic E-state index is 5.97. The molecule has 2 unspecified atom stereocenters. The van der Waals surface area contributed by atoms with Gasteiger partial charge in [0.15, 0.2) is 5.65 Å².